The van der Waals surface area contributed by atoms with Gasteiger partial charge in [0.1, 0.15) is 0 Å². The molecule has 1 atom stereocenters. The summed E-state index contributed by atoms with van der Waals surface area (Å²) < 4.78 is 2.51. The summed E-state index contributed by atoms with van der Waals surface area (Å²) in [6.07, 6.45) is 4.30. The molecule has 37 heavy (non-hydrogen) atoms. The van der Waals surface area contributed by atoms with Gasteiger partial charge in [0.2, 0.25) is 0 Å². The van der Waals surface area contributed by atoms with E-state index in [9.17, 15) is 0 Å². The molecule has 0 saturated heterocycles. The van der Waals surface area contributed by atoms with Gasteiger partial charge in [0.15, 0.2) is 0 Å². The summed E-state index contributed by atoms with van der Waals surface area (Å²) in [5.41, 5.74) is 11.9. The van der Waals surface area contributed by atoms with Crippen molar-refractivity contribution in [3.8, 4) is 22.3 Å². The first-order chi connectivity index (χ1) is 17.7. The molecular weight excluding hydrogens is 654 g/mol. The summed E-state index contributed by atoms with van der Waals surface area (Å²) in [6.45, 7) is 7.06. The Balaban J connectivity index is 1.60. The van der Waals surface area contributed by atoms with E-state index in [1.807, 2.05) is 0 Å². The Morgan fingerprint density at radius 1 is 0.865 bits per heavy atom. The number of allylic oxidation sites excluding steroid dienone is 1. The van der Waals surface area contributed by atoms with Crippen molar-refractivity contribution in [2.75, 3.05) is 0 Å². The van der Waals surface area contributed by atoms with Crippen LogP contribution in [0.15, 0.2) is 95.0 Å². The van der Waals surface area contributed by atoms with E-state index in [1.165, 1.54) is 53.4 Å². The van der Waals surface area contributed by atoms with Gasteiger partial charge in [-0.1, -0.05) is 0 Å². The topological polar surface area (TPSA) is 0 Å². The van der Waals surface area contributed by atoms with Gasteiger partial charge in [0, 0.05) is 0 Å². The molecule has 0 nitrogen and oxygen atoms in total. The van der Waals surface area contributed by atoms with Crippen LogP contribution in [0, 0.1) is 0 Å². The zero-order chi connectivity index (χ0) is 26.0. The zero-order valence-electron chi connectivity index (χ0n) is 21.4. The molecule has 0 aliphatic heterocycles. The number of rotatable bonds is 5. The number of hydrogen-bond acceptors (Lipinski definition) is 0. The van der Waals surface area contributed by atoms with E-state index in [0.717, 1.165) is 17.3 Å². The van der Waals surface area contributed by atoms with Gasteiger partial charge in [0.05, 0.1) is 0 Å². The van der Waals surface area contributed by atoms with Crippen molar-refractivity contribution in [1.29, 1.82) is 0 Å². The molecule has 5 heteroatoms. The molecule has 4 aromatic rings. The van der Waals surface area contributed by atoms with Crippen molar-refractivity contribution in [3.63, 3.8) is 0 Å². The fourth-order valence-corrected chi connectivity index (χ4v) is 35.1. The van der Waals surface area contributed by atoms with Crippen molar-refractivity contribution >= 4 is 48.2 Å². The minimum absolute atomic E-state index is 0.110. The first kappa shape index (κ1) is 26.0. The van der Waals surface area contributed by atoms with Gasteiger partial charge in [-0.05, 0) is 0 Å². The fourth-order valence-electron chi connectivity index (χ4n) is 6.71. The summed E-state index contributed by atoms with van der Waals surface area (Å²) in [7, 11) is 16.6. The predicted octanol–water partition coefficient (Wildman–Crippen LogP) is 9.84. The van der Waals surface area contributed by atoms with E-state index < -0.39 is 21.5 Å². The Bertz CT molecular complexity index is 1590. The molecule has 0 aromatic heterocycles. The van der Waals surface area contributed by atoms with Gasteiger partial charge < -0.3 is 0 Å². The van der Waals surface area contributed by atoms with E-state index in [4.69, 9.17) is 17.0 Å². The van der Waals surface area contributed by atoms with Crippen LogP contribution in [0.1, 0.15) is 39.2 Å². The Morgan fingerprint density at radius 2 is 1.57 bits per heavy atom. The average Bonchev–Trinajstić information content (AvgIpc) is 3.47. The molecule has 2 aliphatic carbocycles. The Hall–Kier alpha value is -1.22. The van der Waals surface area contributed by atoms with Crippen LogP contribution in [-0.4, -0.2) is 5.92 Å². The van der Waals surface area contributed by atoms with Crippen LogP contribution in [0.3, 0.4) is 0 Å². The summed E-state index contributed by atoms with van der Waals surface area (Å²) in [5, 5.41) is 0. The predicted molar refractivity (Wildman–Crippen MR) is 165 cm³/mol. The average molecular weight is 685 g/mol. The van der Waals surface area contributed by atoms with Gasteiger partial charge >= 0.3 is 240 Å². The summed E-state index contributed by atoms with van der Waals surface area (Å²) in [5.74, 6) is -1.54. The molecular formula is C32H30BrCl2SiZr. The molecule has 0 fully saturated rings. The van der Waals surface area contributed by atoms with Gasteiger partial charge in [0.25, 0.3) is 0 Å². The van der Waals surface area contributed by atoms with Gasteiger partial charge in [-0.2, -0.15) is 0 Å². The molecule has 0 spiro atoms. The van der Waals surface area contributed by atoms with E-state index >= 15 is 0 Å². The second kappa shape index (κ2) is 9.46. The number of benzene rings is 4. The third-order valence-corrected chi connectivity index (χ3v) is 59.1. The van der Waals surface area contributed by atoms with Crippen LogP contribution in [0.25, 0.3) is 28.3 Å². The first-order valence-corrected chi connectivity index (χ1v) is 30.0. The maximum atomic E-state index is 8.30. The quantitative estimate of drug-likeness (QED) is 0.162. The normalized spacial score (nSPS) is 17.1. The Kier molecular flexibility index (Phi) is 6.65. The molecule has 0 N–H and O–H groups in total. The second-order valence-electron chi connectivity index (χ2n) is 10.8. The van der Waals surface area contributed by atoms with Crippen LogP contribution >= 0.6 is 33.0 Å². The number of halogens is 3. The van der Waals surface area contributed by atoms with E-state index in [0.29, 0.717) is 0 Å². The van der Waals surface area contributed by atoms with Gasteiger partial charge in [-0.3, -0.25) is 0 Å². The second-order valence-corrected chi connectivity index (χ2v) is 53.2. The Morgan fingerprint density at radius 3 is 2.32 bits per heavy atom. The van der Waals surface area contributed by atoms with Crippen molar-refractivity contribution in [3.05, 3.63) is 117 Å². The van der Waals surface area contributed by atoms with Crippen LogP contribution < -0.4 is 3.27 Å². The first-order valence-electron chi connectivity index (χ1n) is 13.1. The van der Waals surface area contributed by atoms with E-state index in [-0.39, 0.29) is 3.63 Å². The van der Waals surface area contributed by atoms with Crippen molar-refractivity contribution in [2.24, 2.45) is 0 Å². The summed E-state index contributed by atoms with van der Waals surface area (Å²) in [4.78, 5) is 0. The van der Waals surface area contributed by atoms with Crippen LogP contribution in [-0.2, 0) is 22.0 Å². The van der Waals surface area contributed by atoms with Gasteiger partial charge in [-0.25, -0.2) is 0 Å². The Labute approximate surface area is 237 Å². The van der Waals surface area contributed by atoms with Crippen LogP contribution in [0.5, 0.6) is 0 Å². The molecule has 0 amide bonds. The number of fused-ring (bicyclic) bond motifs is 4. The monoisotopic (exact) mass is 681 g/mol. The molecule has 0 radical (unpaired) electrons. The molecule has 6 rings (SSSR count). The molecule has 187 valence electrons. The van der Waals surface area contributed by atoms with Crippen LogP contribution in [0.4, 0.5) is 0 Å². The van der Waals surface area contributed by atoms with Crippen molar-refractivity contribution in [2.45, 2.75) is 36.5 Å². The molecule has 1 unspecified atom stereocenters. The van der Waals surface area contributed by atoms with Crippen molar-refractivity contribution < 1.29 is 15.6 Å². The minimum atomic E-state index is -4.66. The third-order valence-electron chi connectivity index (χ3n) is 8.65. The summed E-state index contributed by atoms with van der Waals surface area (Å²) >= 11 is -0.998. The summed E-state index contributed by atoms with van der Waals surface area (Å²) in [6, 6.07) is 30.9. The van der Waals surface area contributed by atoms with E-state index in [2.05, 4.69) is 127 Å². The van der Waals surface area contributed by atoms with Crippen LogP contribution in [0.2, 0.25) is 13.1 Å². The van der Waals surface area contributed by atoms with Gasteiger partial charge in [-0.15, -0.1) is 0 Å². The SMILES string of the molecule is CCC1=Cc2c(-c3cccc(Br)c3)cccc2[CH]1[Zr]([Cl])([Cl])([c]1cccc2c1Cc1ccccc1-2)[SiH](C)C. The maximum absolute atomic E-state index is 8.30. The standard InChI is InChI=1S/C17H14Br.C13H9.C2H7Si.2ClH.Zr/c1-2-12-9-13-6-4-8-16(17(13)10-12)14-5-3-7-15(18)11-14;1-3-7-12-10(5-1)9-11-6-2-4-8-13(11)12;1-3-2;;;/h3-11H,2H2,1H3;1-5,7-8H,9H2;3H,1-2H3;2*1H;/q;;;;;+2/p-2. The van der Waals surface area contributed by atoms with E-state index in [1.54, 1.807) is 0 Å². The number of hydrogen-bond donors (Lipinski definition) is 0. The zero-order valence-corrected chi connectivity index (χ0v) is 28.1. The molecule has 0 heterocycles. The molecule has 4 aromatic carbocycles. The third kappa shape index (κ3) is 3.91. The van der Waals surface area contributed by atoms with Crippen molar-refractivity contribution in [1.82, 2.24) is 0 Å². The molecule has 2 aliphatic rings. The molecule has 0 bridgehead atoms. The fraction of sp³-hybridized carbons (Fsp3) is 0.188. The molecule has 0 saturated carbocycles.